The zero-order valence-electron chi connectivity index (χ0n) is 10.6. The second-order valence-corrected chi connectivity index (χ2v) is 5.89. The molecular weight excluding hydrogens is 263 g/mol. The van der Waals surface area contributed by atoms with Crippen LogP contribution in [0.5, 0.6) is 5.75 Å². The summed E-state index contributed by atoms with van der Waals surface area (Å²) in [6, 6.07) is 6.10. The van der Waals surface area contributed by atoms with Crippen LogP contribution in [0, 0.1) is 17.7 Å². The van der Waals surface area contributed by atoms with Gasteiger partial charge in [0.1, 0.15) is 18.2 Å². The van der Waals surface area contributed by atoms with E-state index in [1.807, 2.05) is 11.8 Å². The molecule has 1 aromatic carbocycles. The van der Waals surface area contributed by atoms with Crippen LogP contribution in [0.15, 0.2) is 24.3 Å². The van der Waals surface area contributed by atoms with Gasteiger partial charge in [-0.15, -0.1) is 11.8 Å². The first kappa shape index (κ1) is 14.2. The van der Waals surface area contributed by atoms with E-state index in [4.69, 9.17) is 9.84 Å². The molecule has 0 aliphatic carbocycles. The highest BCUT2D eigenvalue weighted by Crippen LogP contribution is 2.33. The Morgan fingerprint density at radius 2 is 2.11 bits per heavy atom. The van der Waals surface area contributed by atoms with E-state index in [1.165, 1.54) is 12.1 Å². The second-order valence-electron chi connectivity index (χ2n) is 4.38. The van der Waals surface area contributed by atoms with Gasteiger partial charge in [0.15, 0.2) is 0 Å². The molecule has 0 bridgehead atoms. The van der Waals surface area contributed by atoms with Gasteiger partial charge >= 0.3 is 0 Å². The summed E-state index contributed by atoms with van der Waals surface area (Å²) < 4.78 is 18.4. The van der Waals surface area contributed by atoms with Crippen LogP contribution in [0.25, 0.3) is 0 Å². The molecule has 2 rings (SSSR count). The molecule has 0 spiro atoms. The van der Waals surface area contributed by atoms with Crippen molar-refractivity contribution in [3.8, 4) is 17.6 Å². The summed E-state index contributed by atoms with van der Waals surface area (Å²) in [5, 5.41) is 9.46. The van der Waals surface area contributed by atoms with E-state index in [0.717, 1.165) is 12.8 Å². The molecule has 1 saturated heterocycles. The van der Waals surface area contributed by atoms with Crippen molar-refractivity contribution in [3.63, 3.8) is 0 Å². The van der Waals surface area contributed by atoms with Gasteiger partial charge in [-0.3, -0.25) is 0 Å². The van der Waals surface area contributed by atoms with Crippen LogP contribution in [0.1, 0.15) is 19.3 Å². The maximum atomic E-state index is 12.7. The van der Waals surface area contributed by atoms with E-state index in [-0.39, 0.29) is 12.4 Å². The van der Waals surface area contributed by atoms with Gasteiger partial charge in [0.2, 0.25) is 0 Å². The summed E-state index contributed by atoms with van der Waals surface area (Å²) >= 11 is 1.83. The lowest BCUT2D eigenvalue weighted by molar-refractivity contribution is 0.305. The minimum Gasteiger partial charge on any atom is -0.492 e. The lowest BCUT2D eigenvalue weighted by Crippen LogP contribution is -2.11. The fraction of sp³-hybridized carbons (Fsp3) is 0.467. The number of halogens is 1. The third-order valence-electron chi connectivity index (χ3n) is 2.86. The third-order valence-corrected chi connectivity index (χ3v) is 4.30. The molecular formula is C15H17FO2S. The van der Waals surface area contributed by atoms with E-state index in [9.17, 15) is 4.39 Å². The maximum Gasteiger partial charge on any atom is 0.123 e. The summed E-state index contributed by atoms with van der Waals surface area (Å²) in [6.45, 7) is 0.760. The first-order valence-electron chi connectivity index (χ1n) is 6.41. The molecule has 1 aliphatic heterocycles. The summed E-state index contributed by atoms with van der Waals surface area (Å²) in [6.07, 6.45) is 2.71. The van der Waals surface area contributed by atoms with Crippen molar-refractivity contribution >= 4 is 11.8 Å². The fourth-order valence-electron chi connectivity index (χ4n) is 1.90. The van der Waals surface area contributed by atoms with Crippen molar-refractivity contribution in [2.24, 2.45) is 0 Å². The Balaban J connectivity index is 1.73. The molecule has 102 valence electrons. The predicted octanol–water partition coefficient (Wildman–Crippen LogP) is 2.85. The smallest absolute Gasteiger partial charge is 0.123 e. The van der Waals surface area contributed by atoms with Gasteiger partial charge in [-0.1, -0.05) is 11.8 Å². The largest absolute Gasteiger partial charge is 0.492 e. The lowest BCUT2D eigenvalue weighted by atomic mass is 10.2. The quantitative estimate of drug-likeness (QED) is 0.860. The number of benzene rings is 1. The fourth-order valence-corrected chi connectivity index (χ4v) is 3.20. The van der Waals surface area contributed by atoms with Crippen LogP contribution in [-0.2, 0) is 0 Å². The normalized spacial score (nSPS) is 21.8. The molecule has 19 heavy (non-hydrogen) atoms. The average molecular weight is 280 g/mol. The van der Waals surface area contributed by atoms with Gasteiger partial charge in [0.05, 0.1) is 11.9 Å². The first-order chi connectivity index (χ1) is 9.28. The number of ether oxygens (including phenoxy) is 1. The van der Waals surface area contributed by atoms with Gasteiger partial charge in [-0.05, 0) is 37.1 Å². The first-order valence-corrected chi connectivity index (χ1v) is 7.35. The number of hydrogen-bond donors (Lipinski definition) is 1. The van der Waals surface area contributed by atoms with Crippen molar-refractivity contribution in [1.29, 1.82) is 0 Å². The summed E-state index contributed by atoms with van der Waals surface area (Å²) in [5.74, 6) is 6.60. The van der Waals surface area contributed by atoms with Crippen molar-refractivity contribution in [3.05, 3.63) is 30.1 Å². The minimum atomic E-state index is -0.248. The van der Waals surface area contributed by atoms with Crippen molar-refractivity contribution in [2.45, 2.75) is 29.8 Å². The topological polar surface area (TPSA) is 29.5 Å². The summed E-state index contributed by atoms with van der Waals surface area (Å²) in [5.41, 5.74) is 0. The molecule has 0 aromatic heterocycles. The molecule has 1 heterocycles. The summed E-state index contributed by atoms with van der Waals surface area (Å²) in [7, 11) is 0. The zero-order chi connectivity index (χ0) is 13.5. The molecule has 2 nitrogen and oxygen atoms in total. The highest BCUT2D eigenvalue weighted by Gasteiger charge is 2.24. The Morgan fingerprint density at radius 3 is 2.84 bits per heavy atom. The van der Waals surface area contributed by atoms with Crippen molar-refractivity contribution < 1.29 is 14.2 Å². The van der Waals surface area contributed by atoms with E-state index in [0.29, 0.717) is 29.3 Å². The number of aliphatic hydroxyl groups excluding tert-OH is 1. The highest BCUT2D eigenvalue weighted by molar-refractivity contribution is 8.01. The zero-order valence-corrected chi connectivity index (χ0v) is 11.5. The van der Waals surface area contributed by atoms with E-state index in [2.05, 4.69) is 11.8 Å². The molecule has 2 atom stereocenters. The number of hydrogen-bond acceptors (Lipinski definition) is 3. The number of thioether (sulfide) groups is 1. The molecule has 0 amide bonds. The van der Waals surface area contributed by atoms with Gasteiger partial charge in [-0.25, -0.2) is 4.39 Å². The monoisotopic (exact) mass is 280 g/mol. The van der Waals surface area contributed by atoms with Crippen LogP contribution in [0.4, 0.5) is 4.39 Å². The van der Waals surface area contributed by atoms with E-state index >= 15 is 0 Å². The van der Waals surface area contributed by atoms with Crippen molar-refractivity contribution in [2.75, 3.05) is 13.2 Å². The highest BCUT2D eigenvalue weighted by atomic mass is 32.2. The standard InChI is InChI=1S/C15H17FO2S/c16-12-4-6-13(7-5-12)18-11-15-9-8-14(19-15)3-1-2-10-17/h4-7,14-15,17H,2,8-11H2/t14?,15-/m0/s1. The molecule has 1 fully saturated rings. The number of aliphatic hydroxyl groups is 1. The predicted molar refractivity (Wildman–Crippen MR) is 75.8 cm³/mol. The Bertz CT molecular complexity index is 449. The Labute approximate surface area is 117 Å². The van der Waals surface area contributed by atoms with Crippen LogP contribution in [0.3, 0.4) is 0 Å². The molecule has 0 saturated carbocycles. The van der Waals surface area contributed by atoms with E-state index < -0.39 is 0 Å². The van der Waals surface area contributed by atoms with Gasteiger partial charge in [-0.2, -0.15) is 0 Å². The average Bonchev–Trinajstić information content (AvgIpc) is 2.86. The van der Waals surface area contributed by atoms with Crippen LogP contribution >= 0.6 is 11.8 Å². The maximum absolute atomic E-state index is 12.7. The van der Waals surface area contributed by atoms with Crippen LogP contribution < -0.4 is 4.74 Å². The Hall–Kier alpha value is -1.18. The Kier molecular flexibility index (Phi) is 5.56. The molecule has 1 aromatic rings. The lowest BCUT2D eigenvalue weighted by Gasteiger charge is -2.11. The minimum absolute atomic E-state index is 0.126. The molecule has 4 heteroatoms. The Morgan fingerprint density at radius 1 is 1.32 bits per heavy atom. The summed E-state index contributed by atoms with van der Waals surface area (Å²) in [4.78, 5) is 0. The van der Waals surface area contributed by atoms with Crippen LogP contribution in [-0.4, -0.2) is 28.8 Å². The number of rotatable bonds is 4. The van der Waals surface area contributed by atoms with Gasteiger partial charge < -0.3 is 9.84 Å². The molecule has 0 radical (unpaired) electrons. The molecule has 1 N–H and O–H groups in total. The third kappa shape index (κ3) is 4.77. The molecule has 1 unspecified atom stereocenters. The molecule has 1 aliphatic rings. The second kappa shape index (κ2) is 7.42. The van der Waals surface area contributed by atoms with E-state index in [1.54, 1.807) is 12.1 Å². The van der Waals surface area contributed by atoms with Crippen molar-refractivity contribution in [1.82, 2.24) is 0 Å². The van der Waals surface area contributed by atoms with Crippen LogP contribution in [0.2, 0.25) is 0 Å². The van der Waals surface area contributed by atoms with Gasteiger partial charge in [0, 0.05) is 11.7 Å². The SMILES string of the molecule is OCCC#CC1CC[C@@H](COc2ccc(F)cc2)S1. The van der Waals surface area contributed by atoms with Gasteiger partial charge in [0.25, 0.3) is 0 Å².